The number of aliphatic carboxylic acids is 1. The standard InChI is InChI=1S/C23H33NO6S/c1-22(2,3)30-21(29)24-18(12-11-16(25)13-17(26)14-19(27)28)23(4,5)31-20(24)15-9-7-6-8-10-15/h6-12,16-18,20,25-26H,13-14H2,1-5H3,(H,27,28)/b12-11+/t16-,17-,18+,20?/m1/s1. The molecule has 1 unspecified atom stereocenters. The van der Waals surface area contributed by atoms with Crippen LogP contribution in [0.4, 0.5) is 4.79 Å². The summed E-state index contributed by atoms with van der Waals surface area (Å²) in [5, 5.41) is 28.6. The van der Waals surface area contributed by atoms with Crippen molar-refractivity contribution in [2.75, 3.05) is 0 Å². The number of ether oxygens (including phenoxy) is 1. The van der Waals surface area contributed by atoms with Gasteiger partial charge in [-0.1, -0.05) is 42.5 Å². The van der Waals surface area contributed by atoms with E-state index in [9.17, 15) is 19.8 Å². The van der Waals surface area contributed by atoms with Crippen LogP contribution in [0, 0.1) is 0 Å². The molecule has 1 fully saturated rings. The van der Waals surface area contributed by atoms with Crippen molar-refractivity contribution in [2.45, 2.75) is 81.4 Å². The molecule has 3 N–H and O–H groups in total. The van der Waals surface area contributed by atoms with E-state index in [1.165, 1.54) is 6.08 Å². The molecular weight excluding hydrogens is 418 g/mol. The maximum absolute atomic E-state index is 13.2. The third-order valence-corrected chi connectivity index (χ3v) is 6.38. The Bertz CT molecular complexity index is 789. The number of nitrogens with zero attached hydrogens (tertiary/aromatic N) is 1. The molecule has 1 heterocycles. The van der Waals surface area contributed by atoms with E-state index >= 15 is 0 Å². The average molecular weight is 452 g/mol. The zero-order chi connectivity index (χ0) is 23.4. The van der Waals surface area contributed by atoms with Crippen molar-refractivity contribution in [3.05, 3.63) is 48.0 Å². The van der Waals surface area contributed by atoms with Gasteiger partial charge in [-0.15, -0.1) is 11.8 Å². The Morgan fingerprint density at radius 3 is 2.39 bits per heavy atom. The minimum Gasteiger partial charge on any atom is -0.481 e. The molecule has 0 saturated carbocycles. The van der Waals surface area contributed by atoms with Crippen molar-refractivity contribution in [1.29, 1.82) is 0 Å². The molecule has 172 valence electrons. The normalized spacial score (nSPS) is 23.0. The summed E-state index contributed by atoms with van der Waals surface area (Å²) in [5.74, 6) is -1.13. The van der Waals surface area contributed by atoms with Crippen molar-refractivity contribution >= 4 is 23.8 Å². The summed E-state index contributed by atoms with van der Waals surface area (Å²) >= 11 is 1.63. The number of carbonyl (C=O) groups is 2. The Labute approximate surface area is 188 Å². The maximum atomic E-state index is 13.2. The summed E-state index contributed by atoms with van der Waals surface area (Å²) in [6.07, 6.45) is 0.0943. The molecule has 1 aromatic carbocycles. The molecule has 31 heavy (non-hydrogen) atoms. The summed E-state index contributed by atoms with van der Waals surface area (Å²) in [6, 6.07) is 9.31. The number of rotatable bonds is 7. The minimum atomic E-state index is -1.15. The van der Waals surface area contributed by atoms with E-state index in [-0.39, 0.29) is 22.6 Å². The molecule has 1 amide bonds. The molecule has 0 spiro atoms. The van der Waals surface area contributed by atoms with Gasteiger partial charge < -0.3 is 20.1 Å². The smallest absolute Gasteiger partial charge is 0.412 e. The number of carbonyl (C=O) groups excluding carboxylic acids is 1. The third kappa shape index (κ3) is 7.26. The molecule has 0 aliphatic carbocycles. The minimum absolute atomic E-state index is 0.0996. The second-order valence-electron chi connectivity index (χ2n) is 9.26. The molecule has 0 radical (unpaired) electrons. The summed E-state index contributed by atoms with van der Waals surface area (Å²) < 4.78 is 5.30. The average Bonchev–Trinajstić information content (AvgIpc) is 2.89. The Morgan fingerprint density at radius 1 is 1.23 bits per heavy atom. The van der Waals surface area contributed by atoms with E-state index in [0.29, 0.717) is 0 Å². The fourth-order valence-electron chi connectivity index (χ4n) is 3.47. The fraction of sp³-hybridized carbons (Fsp3) is 0.565. The molecule has 0 bridgehead atoms. The van der Waals surface area contributed by atoms with Crippen molar-refractivity contribution < 1.29 is 29.6 Å². The quantitative estimate of drug-likeness (QED) is 0.539. The van der Waals surface area contributed by atoms with E-state index in [1.807, 2.05) is 65.0 Å². The van der Waals surface area contributed by atoms with Crippen LogP contribution in [0.3, 0.4) is 0 Å². The first-order chi connectivity index (χ1) is 14.3. The van der Waals surface area contributed by atoms with E-state index in [1.54, 1.807) is 22.7 Å². The van der Waals surface area contributed by atoms with Gasteiger partial charge in [0.15, 0.2) is 0 Å². The highest BCUT2D eigenvalue weighted by Gasteiger charge is 2.50. The Hall–Kier alpha value is -2.03. The molecular formula is C23H33NO6S. The number of benzene rings is 1. The zero-order valence-corrected chi connectivity index (χ0v) is 19.5. The van der Waals surface area contributed by atoms with Gasteiger partial charge in [-0.3, -0.25) is 9.69 Å². The van der Waals surface area contributed by atoms with Crippen LogP contribution in [-0.4, -0.2) is 60.9 Å². The lowest BCUT2D eigenvalue weighted by atomic mass is 9.99. The van der Waals surface area contributed by atoms with E-state index in [2.05, 4.69) is 0 Å². The lowest BCUT2D eigenvalue weighted by Gasteiger charge is -2.33. The van der Waals surface area contributed by atoms with Gasteiger partial charge in [-0.25, -0.2) is 4.79 Å². The second-order valence-corrected chi connectivity index (χ2v) is 11.0. The molecule has 4 atom stereocenters. The number of carboxylic acid groups (broad SMARTS) is 1. The Morgan fingerprint density at radius 2 is 1.84 bits per heavy atom. The number of hydrogen-bond acceptors (Lipinski definition) is 6. The molecule has 8 heteroatoms. The van der Waals surface area contributed by atoms with Gasteiger partial charge in [-0.05, 0) is 40.2 Å². The predicted octanol–water partition coefficient (Wildman–Crippen LogP) is 3.96. The van der Waals surface area contributed by atoms with E-state index in [4.69, 9.17) is 9.84 Å². The largest absolute Gasteiger partial charge is 0.481 e. The van der Waals surface area contributed by atoms with Crippen molar-refractivity contribution in [1.82, 2.24) is 4.90 Å². The summed E-state index contributed by atoms with van der Waals surface area (Å²) in [7, 11) is 0. The van der Waals surface area contributed by atoms with Crippen LogP contribution >= 0.6 is 11.8 Å². The van der Waals surface area contributed by atoms with Crippen molar-refractivity contribution in [3.8, 4) is 0 Å². The van der Waals surface area contributed by atoms with E-state index < -0.39 is 36.3 Å². The number of aliphatic hydroxyl groups is 2. The molecule has 1 aliphatic heterocycles. The van der Waals surface area contributed by atoms with Gasteiger partial charge in [0.05, 0.1) is 24.7 Å². The molecule has 1 aliphatic rings. The van der Waals surface area contributed by atoms with Gasteiger partial charge in [0.25, 0.3) is 0 Å². The molecule has 0 aromatic heterocycles. The van der Waals surface area contributed by atoms with E-state index in [0.717, 1.165) is 5.56 Å². The molecule has 7 nitrogen and oxygen atoms in total. The van der Waals surface area contributed by atoms with Crippen LogP contribution < -0.4 is 0 Å². The van der Waals surface area contributed by atoms with Crippen LogP contribution in [0.15, 0.2) is 42.5 Å². The maximum Gasteiger partial charge on any atom is 0.412 e. The number of thioether (sulfide) groups is 1. The van der Waals surface area contributed by atoms with Gasteiger partial charge in [-0.2, -0.15) is 0 Å². The van der Waals surface area contributed by atoms with Gasteiger partial charge in [0.2, 0.25) is 0 Å². The van der Waals surface area contributed by atoms with Crippen LogP contribution in [0.2, 0.25) is 0 Å². The lowest BCUT2D eigenvalue weighted by molar-refractivity contribution is -0.139. The predicted molar refractivity (Wildman–Crippen MR) is 121 cm³/mol. The van der Waals surface area contributed by atoms with Crippen molar-refractivity contribution in [3.63, 3.8) is 0 Å². The summed E-state index contributed by atoms with van der Waals surface area (Å²) in [6.45, 7) is 9.50. The zero-order valence-electron chi connectivity index (χ0n) is 18.7. The van der Waals surface area contributed by atoms with Gasteiger partial charge in [0, 0.05) is 11.2 Å². The first kappa shape index (κ1) is 25.2. The van der Waals surface area contributed by atoms with Crippen LogP contribution in [0.1, 0.15) is 58.4 Å². The third-order valence-electron chi connectivity index (χ3n) is 4.81. The summed E-state index contributed by atoms with van der Waals surface area (Å²) in [4.78, 5) is 25.6. The number of amides is 1. The first-order valence-corrected chi connectivity index (χ1v) is 11.2. The highest BCUT2D eigenvalue weighted by molar-refractivity contribution is 8.01. The topological polar surface area (TPSA) is 107 Å². The van der Waals surface area contributed by atoms with Gasteiger partial charge in [0.1, 0.15) is 11.0 Å². The van der Waals surface area contributed by atoms with Crippen LogP contribution in [0.25, 0.3) is 0 Å². The van der Waals surface area contributed by atoms with Crippen LogP contribution in [0.5, 0.6) is 0 Å². The molecule has 1 aromatic rings. The highest BCUT2D eigenvalue weighted by Crippen LogP contribution is 2.53. The summed E-state index contributed by atoms with van der Waals surface area (Å²) in [5.41, 5.74) is 0.310. The van der Waals surface area contributed by atoms with Crippen LogP contribution in [-0.2, 0) is 9.53 Å². The monoisotopic (exact) mass is 451 g/mol. The van der Waals surface area contributed by atoms with Gasteiger partial charge >= 0.3 is 12.1 Å². The number of aliphatic hydroxyl groups excluding tert-OH is 2. The van der Waals surface area contributed by atoms with Crippen molar-refractivity contribution in [2.24, 2.45) is 0 Å². The Kier molecular flexibility index (Phi) is 8.19. The fourth-order valence-corrected chi connectivity index (χ4v) is 5.00. The Balaban J connectivity index is 2.30. The SMILES string of the molecule is CC(C)(C)OC(=O)N1C(c2ccccc2)SC(C)(C)[C@@H]1/C=C/[C@@H](O)C[C@@H](O)CC(=O)O. The highest BCUT2D eigenvalue weighted by atomic mass is 32.2. The lowest BCUT2D eigenvalue weighted by Crippen LogP contribution is -2.45. The molecule has 1 saturated heterocycles. The molecule has 2 rings (SSSR count). The number of carboxylic acids is 1. The number of hydrogen-bond donors (Lipinski definition) is 3. The first-order valence-electron chi connectivity index (χ1n) is 10.3. The second kappa shape index (κ2) is 10.1.